The molecule has 134 valence electrons. The van der Waals surface area contributed by atoms with Crippen molar-refractivity contribution in [3.8, 4) is 5.75 Å². The third-order valence-corrected chi connectivity index (χ3v) is 4.58. The molecule has 5 heteroatoms. The van der Waals surface area contributed by atoms with E-state index in [9.17, 15) is 4.79 Å². The molecule has 0 aromatic heterocycles. The third-order valence-electron chi connectivity index (χ3n) is 4.02. The minimum atomic E-state index is -0.260. The van der Waals surface area contributed by atoms with Gasteiger partial charge in [-0.1, -0.05) is 49.0 Å². The zero-order valence-electron chi connectivity index (χ0n) is 14.8. The Morgan fingerprint density at radius 1 is 1.04 bits per heavy atom. The highest BCUT2D eigenvalue weighted by atomic mass is 35.5. The van der Waals surface area contributed by atoms with Gasteiger partial charge in [0.1, 0.15) is 0 Å². The Morgan fingerprint density at radius 3 is 2.32 bits per heavy atom. The predicted octanol–water partition coefficient (Wildman–Crippen LogP) is 6.43. The van der Waals surface area contributed by atoms with E-state index in [4.69, 9.17) is 27.9 Å². The second kappa shape index (κ2) is 9.12. The molecule has 2 aromatic carbocycles. The number of anilines is 1. The van der Waals surface area contributed by atoms with Gasteiger partial charge in [0, 0.05) is 11.3 Å². The first-order chi connectivity index (χ1) is 11.9. The van der Waals surface area contributed by atoms with Crippen molar-refractivity contribution >= 4 is 34.8 Å². The number of unbranched alkanes of at least 4 members (excludes halogenated alkanes) is 2. The van der Waals surface area contributed by atoms with Crippen LogP contribution in [-0.4, -0.2) is 12.5 Å². The number of carbonyl (C=O) groups excluding carboxylic acids is 1. The molecule has 0 radical (unpaired) electrons. The van der Waals surface area contributed by atoms with Crippen LogP contribution in [0.1, 0.15) is 47.7 Å². The lowest BCUT2D eigenvalue weighted by molar-refractivity contribution is 0.102. The zero-order valence-corrected chi connectivity index (χ0v) is 16.3. The number of hydrogen-bond donors (Lipinski definition) is 1. The highest BCUT2D eigenvalue weighted by molar-refractivity contribution is 6.37. The number of ether oxygens (including phenoxy) is 1. The highest BCUT2D eigenvalue weighted by Gasteiger charge is 2.14. The number of aryl methyl sites for hydroxylation is 2. The van der Waals surface area contributed by atoms with E-state index in [1.807, 2.05) is 32.0 Å². The van der Waals surface area contributed by atoms with Crippen molar-refractivity contribution in [2.45, 2.75) is 40.0 Å². The molecule has 0 fully saturated rings. The Hall–Kier alpha value is -1.71. The van der Waals surface area contributed by atoms with Crippen molar-refractivity contribution in [3.63, 3.8) is 0 Å². The summed E-state index contributed by atoms with van der Waals surface area (Å²) in [6.45, 7) is 6.72. The van der Waals surface area contributed by atoms with Crippen LogP contribution in [-0.2, 0) is 0 Å². The van der Waals surface area contributed by atoms with Crippen molar-refractivity contribution in [1.82, 2.24) is 0 Å². The van der Waals surface area contributed by atoms with E-state index < -0.39 is 0 Å². The fourth-order valence-corrected chi connectivity index (χ4v) is 2.97. The molecule has 0 atom stereocenters. The van der Waals surface area contributed by atoms with Gasteiger partial charge in [-0.25, -0.2) is 0 Å². The molecule has 0 saturated carbocycles. The van der Waals surface area contributed by atoms with Crippen LogP contribution in [0, 0.1) is 13.8 Å². The van der Waals surface area contributed by atoms with Gasteiger partial charge in [0.05, 0.1) is 16.7 Å². The highest BCUT2D eigenvalue weighted by Crippen LogP contribution is 2.34. The Labute approximate surface area is 159 Å². The van der Waals surface area contributed by atoms with Crippen LogP contribution in [0.3, 0.4) is 0 Å². The van der Waals surface area contributed by atoms with Gasteiger partial charge in [-0.2, -0.15) is 0 Å². The van der Waals surface area contributed by atoms with Gasteiger partial charge in [0.15, 0.2) is 5.75 Å². The summed E-state index contributed by atoms with van der Waals surface area (Å²) in [5.41, 5.74) is 3.42. The first kappa shape index (κ1) is 19.6. The number of hydrogen-bond acceptors (Lipinski definition) is 2. The van der Waals surface area contributed by atoms with E-state index in [1.54, 1.807) is 12.1 Å². The fraction of sp³-hybridized carbons (Fsp3) is 0.350. The summed E-state index contributed by atoms with van der Waals surface area (Å²) >= 11 is 12.5. The summed E-state index contributed by atoms with van der Waals surface area (Å²) in [5.74, 6) is 0.173. The molecule has 0 heterocycles. The molecule has 0 aliphatic rings. The topological polar surface area (TPSA) is 38.3 Å². The first-order valence-corrected chi connectivity index (χ1v) is 9.18. The molecule has 0 aliphatic carbocycles. The maximum atomic E-state index is 12.5. The summed E-state index contributed by atoms with van der Waals surface area (Å²) in [6.07, 6.45) is 3.15. The fourth-order valence-electron chi connectivity index (χ4n) is 2.38. The van der Waals surface area contributed by atoms with E-state index in [-0.39, 0.29) is 5.91 Å². The monoisotopic (exact) mass is 379 g/mol. The largest absolute Gasteiger partial charge is 0.490 e. The summed E-state index contributed by atoms with van der Waals surface area (Å²) in [6, 6.07) is 8.94. The lowest BCUT2D eigenvalue weighted by atomic mass is 10.1. The van der Waals surface area contributed by atoms with E-state index >= 15 is 0 Å². The van der Waals surface area contributed by atoms with Gasteiger partial charge in [-0.05, 0) is 55.7 Å². The van der Waals surface area contributed by atoms with Gasteiger partial charge in [0.25, 0.3) is 5.91 Å². The van der Waals surface area contributed by atoms with Gasteiger partial charge >= 0.3 is 0 Å². The molecule has 3 nitrogen and oxygen atoms in total. The molecule has 0 unspecified atom stereocenters. The van der Waals surface area contributed by atoms with E-state index in [0.29, 0.717) is 28.0 Å². The van der Waals surface area contributed by atoms with Gasteiger partial charge in [-0.15, -0.1) is 0 Å². The van der Waals surface area contributed by atoms with Crippen LogP contribution >= 0.6 is 23.2 Å². The molecule has 0 aliphatic heterocycles. The van der Waals surface area contributed by atoms with Crippen molar-refractivity contribution in [1.29, 1.82) is 0 Å². The van der Waals surface area contributed by atoms with Gasteiger partial charge < -0.3 is 10.1 Å². The molecule has 0 bridgehead atoms. The molecule has 0 spiro atoms. The summed E-state index contributed by atoms with van der Waals surface area (Å²) < 4.78 is 5.66. The molecule has 1 N–H and O–H groups in total. The Bertz CT molecular complexity index is 736. The first-order valence-electron chi connectivity index (χ1n) is 8.42. The predicted molar refractivity (Wildman–Crippen MR) is 105 cm³/mol. The number of benzene rings is 2. The van der Waals surface area contributed by atoms with E-state index in [0.717, 1.165) is 30.5 Å². The Balaban J connectivity index is 2.10. The third kappa shape index (κ3) is 5.38. The van der Waals surface area contributed by atoms with Crippen LogP contribution in [0.2, 0.25) is 10.0 Å². The van der Waals surface area contributed by atoms with Crippen molar-refractivity contribution < 1.29 is 9.53 Å². The van der Waals surface area contributed by atoms with Crippen molar-refractivity contribution in [2.75, 3.05) is 11.9 Å². The van der Waals surface area contributed by atoms with Crippen molar-refractivity contribution in [2.24, 2.45) is 0 Å². The summed E-state index contributed by atoms with van der Waals surface area (Å²) in [7, 11) is 0. The number of carbonyl (C=O) groups is 1. The summed E-state index contributed by atoms with van der Waals surface area (Å²) in [5, 5.41) is 3.55. The van der Waals surface area contributed by atoms with Crippen LogP contribution < -0.4 is 10.1 Å². The maximum absolute atomic E-state index is 12.5. The van der Waals surface area contributed by atoms with Crippen molar-refractivity contribution in [3.05, 3.63) is 57.1 Å². The SMILES string of the molecule is CCCCCOc1c(Cl)cc(C(=O)Nc2ccc(C)c(C)c2)cc1Cl. The minimum absolute atomic E-state index is 0.260. The molecular formula is C20H23Cl2NO2. The number of halogens is 2. The average molecular weight is 380 g/mol. The van der Waals surface area contributed by atoms with Crippen LogP contribution in [0.5, 0.6) is 5.75 Å². The van der Waals surface area contributed by atoms with Crippen LogP contribution in [0.4, 0.5) is 5.69 Å². The second-order valence-corrected chi connectivity index (χ2v) is 6.89. The standard InChI is InChI=1S/C20H23Cl2NO2/c1-4-5-6-9-25-19-17(21)11-15(12-18(19)22)20(24)23-16-8-7-13(2)14(3)10-16/h7-8,10-12H,4-6,9H2,1-3H3,(H,23,24). The molecule has 0 saturated heterocycles. The Kier molecular flexibility index (Phi) is 7.15. The molecule has 25 heavy (non-hydrogen) atoms. The molecular weight excluding hydrogens is 357 g/mol. The smallest absolute Gasteiger partial charge is 0.255 e. The number of nitrogens with one attached hydrogen (secondary N) is 1. The maximum Gasteiger partial charge on any atom is 0.255 e. The lowest BCUT2D eigenvalue weighted by Gasteiger charge is -2.12. The average Bonchev–Trinajstić information content (AvgIpc) is 2.56. The minimum Gasteiger partial charge on any atom is -0.490 e. The lowest BCUT2D eigenvalue weighted by Crippen LogP contribution is -2.12. The quantitative estimate of drug-likeness (QED) is 0.562. The normalized spacial score (nSPS) is 10.6. The zero-order chi connectivity index (χ0) is 18.4. The second-order valence-electron chi connectivity index (χ2n) is 6.08. The van der Waals surface area contributed by atoms with Gasteiger partial charge in [-0.3, -0.25) is 4.79 Å². The summed E-state index contributed by atoms with van der Waals surface area (Å²) in [4.78, 5) is 12.5. The molecule has 1 amide bonds. The van der Waals surface area contributed by atoms with E-state index in [2.05, 4.69) is 12.2 Å². The van der Waals surface area contributed by atoms with Crippen LogP contribution in [0.25, 0.3) is 0 Å². The van der Waals surface area contributed by atoms with Crippen LogP contribution in [0.15, 0.2) is 30.3 Å². The molecule has 2 rings (SSSR count). The molecule has 2 aromatic rings. The number of amides is 1. The van der Waals surface area contributed by atoms with Gasteiger partial charge in [0.2, 0.25) is 0 Å². The van der Waals surface area contributed by atoms with E-state index in [1.165, 1.54) is 5.56 Å². The number of rotatable bonds is 7. The Morgan fingerprint density at radius 2 is 1.72 bits per heavy atom.